The van der Waals surface area contributed by atoms with E-state index < -0.39 is 0 Å². The standard InChI is InChI=1S/C28H27N9O/c1-16-14-37(15-31-16)23-7-8-30-27-19(23)10-22(34-27)26-25-21(35-36-26)6-5-20(33-25)17-9-18(13-29-12-17)32-24(38)11-28(2,3)4/h5-10,12-15H,11H2,1-4H3,(H,30,34)(H,32,38)(H,35,36). The van der Waals surface area contributed by atoms with Crippen molar-refractivity contribution in [2.45, 2.75) is 34.1 Å². The normalized spacial score (nSPS) is 11.9. The van der Waals surface area contributed by atoms with Crippen LogP contribution in [-0.2, 0) is 4.79 Å². The summed E-state index contributed by atoms with van der Waals surface area (Å²) in [5, 5.41) is 11.5. The average molecular weight is 506 g/mol. The predicted octanol–water partition coefficient (Wildman–Crippen LogP) is 5.43. The van der Waals surface area contributed by atoms with E-state index in [0.717, 1.165) is 50.4 Å². The van der Waals surface area contributed by atoms with Crippen molar-refractivity contribution in [2.75, 3.05) is 5.32 Å². The molecule has 38 heavy (non-hydrogen) atoms. The Hall–Kier alpha value is -4.86. The first-order valence-electron chi connectivity index (χ1n) is 12.3. The lowest BCUT2D eigenvalue weighted by Gasteiger charge is -2.17. The van der Waals surface area contributed by atoms with E-state index in [-0.39, 0.29) is 11.3 Å². The number of nitrogens with zero attached hydrogens (tertiary/aromatic N) is 6. The van der Waals surface area contributed by atoms with Crippen molar-refractivity contribution in [3.05, 3.63) is 67.1 Å². The first-order valence-corrected chi connectivity index (χ1v) is 12.3. The number of anilines is 1. The lowest BCUT2D eigenvalue weighted by molar-refractivity contribution is -0.117. The number of pyridine rings is 3. The Bertz CT molecular complexity index is 1800. The van der Waals surface area contributed by atoms with Gasteiger partial charge in [-0.2, -0.15) is 5.10 Å². The van der Waals surface area contributed by atoms with Crippen LogP contribution in [0.1, 0.15) is 32.9 Å². The highest BCUT2D eigenvalue weighted by atomic mass is 16.1. The smallest absolute Gasteiger partial charge is 0.224 e. The molecule has 10 heteroatoms. The molecular formula is C28H27N9O. The van der Waals surface area contributed by atoms with Crippen LogP contribution in [0.15, 0.2) is 61.4 Å². The second-order valence-corrected chi connectivity index (χ2v) is 10.6. The number of imidazole rings is 1. The zero-order valence-corrected chi connectivity index (χ0v) is 21.6. The zero-order valence-electron chi connectivity index (χ0n) is 21.6. The van der Waals surface area contributed by atoms with Crippen molar-refractivity contribution in [1.29, 1.82) is 0 Å². The number of amides is 1. The van der Waals surface area contributed by atoms with Gasteiger partial charge in [-0.05, 0) is 42.7 Å². The molecule has 0 atom stereocenters. The number of hydrogen-bond donors (Lipinski definition) is 3. The molecule has 0 saturated carbocycles. The van der Waals surface area contributed by atoms with E-state index >= 15 is 0 Å². The fourth-order valence-electron chi connectivity index (χ4n) is 4.50. The molecule has 6 aromatic heterocycles. The highest BCUT2D eigenvalue weighted by Crippen LogP contribution is 2.31. The van der Waals surface area contributed by atoms with Gasteiger partial charge >= 0.3 is 0 Å². The van der Waals surface area contributed by atoms with E-state index in [1.54, 1.807) is 24.9 Å². The van der Waals surface area contributed by atoms with E-state index in [0.29, 0.717) is 17.8 Å². The van der Waals surface area contributed by atoms with Crippen LogP contribution in [0, 0.1) is 12.3 Å². The summed E-state index contributed by atoms with van der Waals surface area (Å²) >= 11 is 0. The van der Waals surface area contributed by atoms with Crippen LogP contribution in [0.2, 0.25) is 0 Å². The van der Waals surface area contributed by atoms with Crippen LogP contribution in [0.3, 0.4) is 0 Å². The third-order valence-electron chi connectivity index (χ3n) is 6.17. The maximum Gasteiger partial charge on any atom is 0.224 e. The molecule has 0 bridgehead atoms. The first kappa shape index (κ1) is 23.5. The van der Waals surface area contributed by atoms with Gasteiger partial charge in [0.15, 0.2) is 0 Å². The third-order valence-corrected chi connectivity index (χ3v) is 6.17. The summed E-state index contributed by atoms with van der Waals surface area (Å²) in [4.78, 5) is 33.9. The van der Waals surface area contributed by atoms with Crippen molar-refractivity contribution >= 4 is 33.7 Å². The largest absolute Gasteiger partial charge is 0.338 e. The molecule has 0 aromatic carbocycles. The zero-order chi connectivity index (χ0) is 26.4. The van der Waals surface area contributed by atoms with Crippen molar-refractivity contribution in [3.8, 4) is 28.3 Å². The van der Waals surface area contributed by atoms with Crippen molar-refractivity contribution < 1.29 is 4.79 Å². The monoisotopic (exact) mass is 505 g/mol. The predicted molar refractivity (Wildman–Crippen MR) is 147 cm³/mol. The Morgan fingerprint density at radius 1 is 1.11 bits per heavy atom. The van der Waals surface area contributed by atoms with Crippen LogP contribution in [0.25, 0.3) is 50.4 Å². The molecule has 0 spiro atoms. The second kappa shape index (κ2) is 8.91. The average Bonchev–Trinajstić information content (AvgIpc) is 3.60. The molecule has 0 fully saturated rings. The molecule has 6 heterocycles. The second-order valence-electron chi connectivity index (χ2n) is 10.6. The Kier molecular flexibility index (Phi) is 5.52. The highest BCUT2D eigenvalue weighted by Gasteiger charge is 2.18. The topological polar surface area (TPSA) is 130 Å². The van der Waals surface area contributed by atoms with Crippen LogP contribution in [0.5, 0.6) is 0 Å². The number of aromatic amines is 2. The lowest BCUT2D eigenvalue weighted by atomic mass is 9.92. The van der Waals surface area contributed by atoms with Gasteiger partial charge in [-0.25, -0.2) is 15.0 Å². The van der Waals surface area contributed by atoms with Gasteiger partial charge in [-0.15, -0.1) is 0 Å². The van der Waals surface area contributed by atoms with E-state index in [9.17, 15) is 4.79 Å². The first-order chi connectivity index (χ1) is 18.2. The van der Waals surface area contributed by atoms with Crippen LogP contribution < -0.4 is 5.32 Å². The SMILES string of the molecule is Cc1cn(-c2ccnc3[nH]c(-c4n[nH]c5ccc(-c6cncc(NC(=O)CC(C)(C)C)c6)nc45)cc23)cn1. The van der Waals surface area contributed by atoms with Gasteiger partial charge in [0.1, 0.15) is 16.9 Å². The van der Waals surface area contributed by atoms with Crippen molar-refractivity contribution in [2.24, 2.45) is 5.41 Å². The molecule has 0 aliphatic heterocycles. The van der Waals surface area contributed by atoms with Gasteiger partial charge in [0.2, 0.25) is 5.91 Å². The Morgan fingerprint density at radius 3 is 2.76 bits per heavy atom. The van der Waals surface area contributed by atoms with Crippen molar-refractivity contribution in [3.63, 3.8) is 0 Å². The number of carbonyl (C=O) groups is 1. The number of carbonyl (C=O) groups excluding carboxylic acids is 1. The van der Waals surface area contributed by atoms with Gasteiger partial charge in [0.25, 0.3) is 0 Å². The van der Waals surface area contributed by atoms with E-state index in [1.165, 1.54) is 0 Å². The lowest BCUT2D eigenvalue weighted by Crippen LogP contribution is -2.19. The van der Waals surface area contributed by atoms with Crippen LogP contribution in [-0.4, -0.2) is 45.6 Å². The maximum absolute atomic E-state index is 12.4. The highest BCUT2D eigenvalue weighted by molar-refractivity contribution is 5.96. The van der Waals surface area contributed by atoms with Gasteiger partial charge < -0.3 is 14.9 Å². The Morgan fingerprint density at radius 2 is 1.97 bits per heavy atom. The van der Waals surface area contributed by atoms with Gasteiger partial charge in [-0.3, -0.25) is 14.9 Å². The summed E-state index contributed by atoms with van der Waals surface area (Å²) in [5.74, 6) is -0.0466. The van der Waals surface area contributed by atoms with E-state index in [2.05, 4.69) is 35.5 Å². The summed E-state index contributed by atoms with van der Waals surface area (Å²) in [6.45, 7) is 8.06. The minimum atomic E-state index is -0.101. The summed E-state index contributed by atoms with van der Waals surface area (Å²) in [6.07, 6.45) is 9.34. The van der Waals surface area contributed by atoms with Gasteiger partial charge in [-0.1, -0.05) is 20.8 Å². The summed E-state index contributed by atoms with van der Waals surface area (Å²) < 4.78 is 1.98. The molecule has 0 saturated heterocycles. The molecule has 6 rings (SSSR count). The summed E-state index contributed by atoms with van der Waals surface area (Å²) in [5.41, 5.74) is 7.73. The molecule has 190 valence electrons. The number of hydrogen-bond acceptors (Lipinski definition) is 6. The molecule has 1 amide bonds. The van der Waals surface area contributed by atoms with Crippen molar-refractivity contribution in [1.82, 2.24) is 39.7 Å². The number of nitrogens with one attached hydrogen (secondary N) is 3. The van der Waals surface area contributed by atoms with Crippen LogP contribution in [0.4, 0.5) is 5.69 Å². The number of aromatic nitrogens is 8. The third kappa shape index (κ3) is 4.52. The minimum Gasteiger partial charge on any atom is -0.338 e. The van der Waals surface area contributed by atoms with E-state index in [1.807, 2.05) is 68.8 Å². The summed E-state index contributed by atoms with van der Waals surface area (Å²) in [7, 11) is 0. The fourth-order valence-corrected chi connectivity index (χ4v) is 4.50. The maximum atomic E-state index is 12.4. The molecule has 0 unspecified atom stereocenters. The number of aryl methyl sites for hydroxylation is 1. The Balaban J connectivity index is 1.36. The molecule has 10 nitrogen and oxygen atoms in total. The number of rotatable bonds is 5. The molecule has 0 aliphatic carbocycles. The van der Waals surface area contributed by atoms with Gasteiger partial charge in [0, 0.05) is 36.0 Å². The van der Waals surface area contributed by atoms with Crippen LogP contribution >= 0.6 is 0 Å². The molecule has 0 aliphatic rings. The number of H-pyrrole nitrogens is 2. The summed E-state index contributed by atoms with van der Waals surface area (Å²) in [6, 6.07) is 9.73. The van der Waals surface area contributed by atoms with Gasteiger partial charge in [0.05, 0.1) is 46.5 Å². The number of fused-ring (bicyclic) bond motifs is 2. The van der Waals surface area contributed by atoms with E-state index in [4.69, 9.17) is 4.98 Å². The molecule has 0 radical (unpaired) electrons. The minimum absolute atomic E-state index is 0.0466. The fraction of sp³-hybridized carbons (Fsp3) is 0.214. The Labute approximate surface area is 218 Å². The molecule has 6 aromatic rings. The molecule has 3 N–H and O–H groups in total. The molecular weight excluding hydrogens is 478 g/mol. The quantitative estimate of drug-likeness (QED) is 0.286.